The Morgan fingerprint density at radius 2 is 1.36 bits per heavy atom. The molecule has 0 atom stereocenters. The highest BCUT2D eigenvalue weighted by Gasteiger charge is 2.08. The number of hydrogen-bond acceptors (Lipinski definition) is 2. The zero-order valence-electron chi connectivity index (χ0n) is 14.9. The van der Waals surface area contributed by atoms with Crippen LogP contribution in [-0.4, -0.2) is 11.8 Å². The number of hydrogen-bond donors (Lipinski definition) is 2. The molecule has 0 spiro atoms. The average Bonchev–Trinajstić information content (AvgIpc) is 2.73. The third kappa shape index (κ3) is 5.55. The Morgan fingerprint density at radius 3 is 2.00 bits per heavy atom. The van der Waals surface area contributed by atoms with Crippen LogP contribution in [0.2, 0.25) is 0 Å². The number of carbonyl (C=O) groups excluding carboxylic acids is 2. The topological polar surface area (TPSA) is 58.2 Å². The summed E-state index contributed by atoms with van der Waals surface area (Å²) in [7, 11) is 0. The second-order valence-electron chi connectivity index (χ2n) is 6.00. The number of nitrogens with one attached hydrogen (secondary N) is 2. The van der Waals surface area contributed by atoms with Crippen molar-refractivity contribution in [3.8, 4) is 11.8 Å². The van der Waals surface area contributed by atoms with Crippen molar-refractivity contribution in [1.29, 1.82) is 0 Å². The molecule has 0 radical (unpaired) electrons. The molecule has 0 aliphatic rings. The van der Waals surface area contributed by atoms with Gasteiger partial charge in [-0.3, -0.25) is 20.4 Å². The number of rotatable bonds is 3. The molecule has 3 aromatic carbocycles. The monoisotopic (exact) mass is 372 g/mol. The van der Waals surface area contributed by atoms with Crippen LogP contribution in [0.15, 0.2) is 78.9 Å². The van der Waals surface area contributed by atoms with E-state index in [2.05, 4.69) is 22.7 Å². The van der Waals surface area contributed by atoms with E-state index in [9.17, 15) is 14.0 Å². The molecule has 138 valence electrons. The lowest BCUT2D eigenvalue weighted by molar-refractivity contribution is -0.121. The van der Waals surface area contributed by atoms with Crippen LogP contribution < -0.4 is 10.9 Å². The molecule has 2 amide bonds. The standard InChI is InChI=1S/C23H17FN2O2/c24-21-14-10-19(11-15-21)16-22(27)25-26-23(28)20-12-8-18(9-13-20)7-6-17-4-2-1-3-5-17/h1-5,8-15H,16H2,(H,25,27)(H,26,28). The molecule has 0 aliphatic carbocycles. The molecule has 0 unspecified atom stereocenters. The fourth-order valence-corrected chi connectivity index (χ4v) is 2.40. The smallest absolute Gasteiger partial charge is 0.269 e. The van der Waals surface area contributed by atoms with E-state index in [0.29, 0.717) is 11.1 Å². The van der Waals surface area contributed by atoms with Gasteiger partial charge in [-0.15, -0.1) is 0 Å². The maximum Gasteiger partial charge on any atom is 0.269 e. The van der Waals surface area contributed by atoms with Gasteiger partial charge >= 0.3 is 0 Å². The van der Waals surface area contributed by atoms with Gasteiger partial charge in [0.25, 0.3) is 5.91 Å². The van der Waals surface area contributed by atoms with Crippen LogP contribution in [0.5, 0.6) is 0 Å². The summed E-state index contributed by atoms with van der Waals surface area (Å²) in [4.78, 5) is 24.0. The van der Waals surface area contributed by atoms with Crippen molar-refractivity contribution >= 4 is 11.8 Å². The third-order valence-corrected chi connectivity index (χ3v) is 3.87. The molecule has 0 aromatic heterocycles. The first-order valence-electron chi connectivity index (χ1n) is 8.61. The molecular weight excluding hydrogens is 355 g/mol. The minimum Gasteiger partial charge on any atom is -0.273 e. The second kappa shape index (κ2) is 9.15. The van der Waals surface area contributed by atoms with E-state index in [4.69, 9.17) is 0 Å². The number of halogens is 1. The molecule has 0 fully saturated rings. The van der Waals surface area contributed by atoms with Crippen molar-refractivity contribution in [2.75, 3.05) is 0 Å². The Kier molecular flexibility index (Phi) is 6.17. The summed E-state index contributed by atoms with van der Waals surface area (Å²) in [6, 6.07) is 22.0. The quantitative estimate of drug-likeness (QED) is 0.548. The Hall–Kier alpha value is -3.91. The Labute approximate surface area is 162 Å². The summed E-state index contributed by atoms with van der Waals surface area (Å²) in [5.41, 5.74) is 7.44. The van der Waals surface area contributed by atoms with Gasteiger partial charge < -0.3 is 0 Å². The number of carbonyl (C=O) groups is 2. The summed E-state index contributed by atoms with van der Waals surface area (Å²) in [5.74, 6) is 4.88. The Morgan fingerprint density at radius 1 is 0.750 bits per heavy atom. The van der Waals surface area contributed by atoms with Crippen molar-refractivity contribution < 1.29 is 14.0 Å². The van der Waals surface area contributed by atoms with E-state index in [1.54, 1.807) is 24.3 Å². The van der Waals surface area contributed by atoms with E-state index in [1.807, 2.05) is 30.3 Å². The van der Waals surface area contributed by atoms with Crippen LogP contribution in [0, 0.1) is 17.7 Å². The molecule has 0 bridgehead atoms. The minimum absolute atomic E-state index is 0.0363. The number of hydrazine groups is 1. The predicted octanol–water partition coefficient (Wildman–Crippen LogP) is 3.23. The van der Waals surface area contributed by atoms with Crippen LogP contribution >= 0.6 is 0 Å². The third-order valence-electron chi connectivity index (χ3n) is 3.87. The zero-order chi connectivity index (χ0) is 19.8. The van der Waals surface area contributed by atoms with Gasteiger partial charge in [0, 0.05) is 16.7 Å². The van der Waals surface area contributed by atoms with Gasteiger partial charge in [0.05, 0.1) is 6.42 Å². The van der Waals surface area contributed by atoms with Gasteiger partial charge in [0.1, 0.15) is 5.82 Å². The molecule has 5 heteroatoms. The highest BCUT2D eigenvalue weighted by molar-refractivity contribution is 5.95. The van der Waals surface area contributed by atoms with Crippen LogP contribution in [0.25, 0.3) is 0 Å². The highest BCUT2D eigenvalue weighted by Crippen LogP contribution is 2.05. The molecule has 3 rings (SSSR count). The maximum atomic E-state index is 12.9. The molecule has 0 aliphatic heterocycles. The van der Waals surface area contributed by atoms with Crippen molar-refractivity contribution in [1.82, 2.24) is 10.9 Å². The van der Waals surface area contributed by atoms with Gasteiger partial charge in [-0.25, -0.2) is 4.39 Å². The van der Waals surface area contributed by atoms with Gasteiger partial charge in [0.15, 0.2) is 0 Å². The summed E-state index contributed by atoms with van der Waals surface area (Å²) in [5, 5.41) is 0. The van der Waals surface area contributed by atoms with Crippen LogP contribution in [0.3, 0.4) is 0 Å². The maximum absolute atomic E-state index is 12.9. The lowest BCUT2D eigenvalue weighted by Crippen LogP contribution is -2.42. The van der Waals surface area contributed by atoms with Crippen molar-refractivity contribution in [3.05, 3.63) is 107 Å². The van der Waals surface area contributed by atoms with E-state index in [1.165, 1.54) is 24.3 Å². The summed E-state index contributed by atoms with van der Waals surface area (Å²) < 4.78 is 12.9. The Bertz CT molecular complexity index is 1020. The summed E-state index contributed by atoms with van der Waals surface area (Å²) >= 11 is 0. The average molecular weight is 372 g/mol. The fourth-order valence-electron chi connectivity index (χ4n) is 2.40. The molecule has 2 N–H and O–H groups in total. The minimum atomic E-state index is -0.435. The first-order chi connectivity index (χ1) is 13.6. The van der Waals surface area contributed by atoms with E-state index < -0.39 is 11.8 Å². The Balaban J connectivity index is 1.52. The van der Waals surface area contributed by atoms with Gasteiger partial charge in [-0.1, -0.05) is 42.2 Å². The molecule has 28 heavy (non-hydrogen) atoms. The van der Waals surface area contributed by atoms with Crippen molar-refractivity contribution in [2.24, 2.45) is 0 Å². The molecule has 0 saturated carbocycles. The van der Waals surface area contributed by atoms with Crippen LogP contribution in [-0.2, 0) is 11.2 Å². The molecule has 3 aromatic rings. The number of benzene rings is 3. The van der Waals surface area contributed by atoms with E-state index in [0.717, 1.165) is 11.1 Å². The molecule has 4 nitrogen and oxygen atoms in total. The SMILES string of the molecule is O=C(Cc1ccc(F)cc1)NNC(=O)c1ccc(C#Cc2ccccc2)cc1. The van der Waals surface area contributed by atoms with Gasteiger partial charge in [-0.05, 0) is 54.1 Å². The number of amides is 2. The fraction of sp³-hybridized carbons (Fsp3) is 0.0435. The lowest BCUT2D eigenvalue weighted by Gasteiger charge is -2.07. The van der Waals surface area contributed by atoms with E-state index in [-0.39, 0.29) is 12.2 Å². The van der Waals surface area contributed by atoms with Gasteiger partial charge in [0.2, 0.25) is 5.91 Å². The normalized spacial score (nSPS) is 9.75. The molecule has 0 saturated heterocycles. The van der Waals surface area contributed by atoms with E-state index >= 15 is 0 Å². The van der Waals surface area contributed by atoms with Crippen molar-refractivity contribution in [2.45, 2.75) is 6.42 Å². The lowest BCUT2D eigenvalue weighted by atomic mass is 10.1. The largest absolute Gasteiger partial charge is 0.273 e. The predicted molar refractivity (Wildman–Crippen MR) is 105 cm³/mol. The highest BCUT2D eigenvalue weighted by atomic mass is 19.1. The zero-order valence-corrected chi connectivity index (χ0v) is 14.9. The van der Waals surface area contributed by atoms with Gasteiger partial charge in [-0.2, -0.15) is 0 Å². The first kappa shape index (κ1) is 18.9. The van der Waals surface area contributed by atoms with Crippen LogP contribution in [0.1, 0.15) is 27.0 Å². The summed E-state index contributed by atoms with van der Waals surface area (Å²) in [6.45, 7) is 0. The molecular formula is C23H17FN2O2. The van der Waals surface area contributed by atoms with Crippen molar-refractivity contribution in [3.63, 3.8) is 0 Å². The van der Waals surface area contributed by atoms with Crippen LogP contribution in [0.4, 0.5) is 4.39 Å². The summed E-state index contributed by atoms with van der Waals surface area (Å²) in [6.07, 6.45) is 0.0363. The first-order valence-corrected chi connectivity index (χ1v) is 8.61. The molecule has 0 heterocycles. The second-order valence-corrected chi connectivity index (χ2v) is 6.00.